The predicted octanol–water partition coefficient (Wildman–Crippen LogP) is 3.45. The monoisotopic (exact) mass is 391 g/mol. The van der Waals surface area contributed by atoms with E-state index in [9.17, 15) is 14.2 Å². The SMILES string of the molecule is CCOC(=O)CCc1ccccc1OP(=O)(Cl)NC(C)C(=O)OCC. The van der Waals surface area contributed by atoms with Crippen molar-refractivity contribution in [2.24, 2.45) is 0 Å². The van der Waals surface area contributed by atoms with Crippen LogP contribution in [0.5, 0.6) is 5.75 Å². The summed E-state index contributed by atoms with van der Waals surface area (Å²) < 4.78 is 27.5. The van der Waals surface area contributed by atoms with Gasteiger partial charge in [-0.3, -0.25) is 9.59 Å². The van der Waals surface area contributed by atoms with E-state index in [2.05, 4.69) is 5.09 Å². The number of aryl methyl sites for hydroxylation is 1. The Morgan fingerprint density at radius 1 is 1.20 bits per heavy atom. The summed E-state index contributed by atoms with van der Waals surface area (Å²) in [6, 6.07) is 5.89. The molecule has 0 aromatic heterocycles. The molecule has 0 radical (unpaired) electrons. The highest BCUT2D eigenvalue weighted by atomic mass is 35.7. The molecule has 0 fully saturated rings. The van der Waals surface area contributed by atoms with Crippen molar-refractivity contribution in [1.29, 1.82) is 0 Å². The van der Waals surface area contributed by atoms with Gasteiger partial charge in [0, 0.05) is 17.7 Å². The Balaban J connectivity index is 2.75. The minimum atomic E-state index is -3.83. The van der Waals surface area contributed by atoms with Crippen LogP contribution in [-0.4, -0.2) is 31.2 Å². The normalized spacial score (nSPS) is 14.2. The molecule has 1 rings (SSSR count). The van der Waals surface area contributed by atoms with Crippen molar-refractivity contribution in [2.75, 3.05) is 13.2 Å². The highest BCUT2D eigenvalue weighted by molar-refractivity contribution is 7.84. The van der Waals surface area contributed by atoms with E-state index in [1.165, 1.54) is 6.92 Å². The average Bonchev–Trinajstić information content (AvgIpc) is 2.53. The van der Waals surface area contributed by atoms with Crippen molar-refractivity contribution < 1.29 is 28.2 Å². The van der Waals surface area contributed by atoms with Crippen LogP contribution < -0.4 is 9.61 Å². The number of para-hydroxylation sites is 1. The molecule has 2 atom stereocenters. The Bertz CT molecular complexity index is 639. The second-order valence-electron chi connectivity index (χ2n) is 5.09. The number of halogens is 1. The van der Waals surface area contributed by atoms with Gasteiger partial charge in [-0.05, 0) is 38.8 Å². The fraction of sp³-hybridized carbons (Fsp3) is 0.500. The van der Waals surface area contributed by atoms with Crippen LogP contribution in [0.1, 0.15) is 32.8 Å². The van der Waals surface area contributed by atoms with Gasteiger partial charge >= 0.3 is 18.8 Å². The molecule has 0 spiro atoms. The van der Waals surface area contributed by atoms with E-state index in [0.29, 0.717) is 18.6 Å². The molecule has 0 aliphatic carbocycles. The first-order chi connectivity index (χ1) is 11.8. The van der Waals surface area contributed by atoms with Gasteiger partial charge in [-0.1, -0.05) is 18.2 Å². The van der Waals surface area contributed by atoms with Gasteiger partial charge in [0.05, 0.1) is 13.2 Å². The van der Waals surface area contributed by atoms with Crippen LogP contribution in [0.4, 0.5) is 0 Å². The van der Waals surface area contributed by atoms with E-state index >= 15 is 0 Å². The molecule has 0 bridgehead atoms. The van der Waals surface area contributed by atoms with Gasteiger partial charge in [-0.15, -0.1) is 0 Å². The van der Waals surface area contributed by atoms with Crippen LogP contribution in [0.3, 0.4) is 0 Å². The van der Waals surface area contributed by atoms with Gasteiger partial charge in [-0.25, -0.2) is 9.65 Å². The van der Waals surface area contributed by atoms with Crippen molar-refractivity contribution >= 4 is 30.1 Å². The van der Waals surface area contributed by atoms with E-state index in [4.69, 9.17) is 25.2 Å². The van der Waals surface area contributed by atoms with Gasteiger partial charge in [0.25, 0.3) is 0 Å². The Labute approximate surface area is 152 Å². The molecule has 0 saturated heterocycles. The zero-order valence-electron chi connectivity index (χ0n) is 14.5. The number of hydrogen-bond donors (Lipinski definition) is 1. The first-order valence-corrected chi connectivity index (χ1v) is 10.5. The molecule has 25 heavy (non-hydrogen) atoms. The molecule has 1 aromatic carbocycles. The molecule has 0 aliphatic heterocycles. The fourth-order valence-corrected chi connectivity index (χ4v) is 3.69. The Morgan fingerprint density at radius 2 is 1.84 bits per heavy atom. The maximum Gasteiger partial charge on any atom is 0.409 e. The number of benzene rings is 1. The fourth-order valence-electron chi connectivity index (χ4n) is 1.97. The summed E-state index contributed by atoms with van der Waals surface area (Å²) in [5.41, 5.74) is 0.655. The van der Waals surface area contributed by atoms with Crippen molar-refractivity contribution in [2.45, 2.75) is 39.7 Å². The third-order valence-electron chi connectivity index (χ3n) is 3.08. The Kier molecular flexibility index (Phi) is 8.97. The summed E-state index contributed by atoms with van der Waals surface area (Å²) in [6.45, 7) is 1.56. The van der Waals surface area contributed by atoms with Gasteiger partial charge in [0.1, 0.15) is 11.8 Å². The number of nitrogens with one attached hydrogen (secondary N) is 1. The number of hydrogen-bond acceptors (Lipinski definition) is 6. The summed E-state index contributed by atoms with van der Waals surface area (Å²) in [5.74, 6) is -0.642. The Hall–Kier alpha value is -1.56. The van der Waals surface area contributed by atoms with Crippen LogP contribution in [-0.2, 0) is 30.0 Å². The van der Waals surface area contributed by atoms with Crippen LogP contribution in [0.15, 0.2) is 24.3 Å². The lowest BCUT2D eigenvalue weighted by atomic mass is 10.1. The molecule has 7 nitrogen and oxygen atoms in total. The summed E-state index contributed by atoms with van der Waals surface area (Å²) in [6.07, 6.45) is 0.507. The standard InChI is InChI=1S/C16H23ClNO6P/c1-4-22-15(19)11-10-13-8-6-7-9-14(13)24-25(17,21)18-12(3)16(20)23-5-2/h6-9,12H,4-5,10-11H2,1-3H3,(H,18,21). The van der Waals surface area contributed by atoms with Crippen LogP contribution in [0.2, 0.25) is 0 Å². The molecule has 0 heterocycles. The molecule has 1 aromatic rings. The van der Waals surface area contributed by atoms with Crippen molar-refractivity contribution in [1.82, 2.24) is 5.09 Å². The molecule has 1 N–H and O–H groups in total. The minimum absolute atomic E-state index is 0.160. The lowest BCUT2D eigenvalue weighted by molar-refractivity contribution is -0.145. The maximum absolute atomic E-state index is 12.4. The van der Waals surface area contributed by atoms with Gasteiger partial charge in [0.2, 0.25) is 0 Å². The summed E-state index contributed by atoms with van der Waals surface area (Å²) in [7, 11) is 0. The first-order valence-electron chi connectivity index (χ1n) is 7.96. The minimum Gasteiger partial charge on any atom is -0.466 e. The van der Waals surface area contributed by atoms with Crippen LogP contribution in [0, 0.1) is 0 Å². The smallest absolute Gasteiger partial charge is 0.409 e. The van der Waals surface area contributed by atoms with E-state index in [1.54, 1.807) is 38.1 Å². The van der Waals surface area contributed by atoms with E-state index < -0.39 is 18.9 Å². The van der Waals surface area contributed by atoms with Gasteiger partial charge in [-0.2, -0.15) is 0 Å². The lowest BCUT2D eigenvalue weighted by Crippen LogP contribution is -2.33. The number of carbonyl (C=O) groups excluding carboxylic acids is 2. The number of rotatable bonds is 10. The largest absolute Gasteiger partial charge is 0.466 e. The number of esters is 2. The van der Waals surface area contributed by atoms with E-state index in [1.807, 2.05) is 0 Å². The lowest BCUT2D eigenvalue weighted by Gasteiger charge is -2.19. The first kappa shape index (κ1) is 21.5. The van der Waals surface area contributed by atoms with Crippen LogP contribution >= 0.6 is 18.1 Å². The third kappa shape index (κ3) is 7.90. The summed E-state index contributed by atoms with van der Waals surface area (Å²) in [4.78, 5) is 23.1. The third-order valence-corrected chi connectivity index (χ3v) is 4.71. The van der Waals surface area contributed by atoms with Crippen LogP contribution in [0.25, 0.3) is 0 Å². The van der Waals surface area contributed by atoms with Gasteiger partial charge < -0.3 is 14.0 Å². The summed E-state index contributed by atoms with van der Waals surface area (Å²) in [5, 5.41) is 2.43. The predicted molar refractivity (Wildman–Crippen MR) is 94.7 cm³/mol. The van der Waals surface area contributed by atoms with E-state index in [-0.39, 0.29) is 24.7 Å². The second-order valence-corrected chi connectivity index (χ2v) is 7.82. The maximum atomic E-state index is 12.4. The van der Waals surface area contributed by atoms with Crippen molar-refractivity contribution in [3.8, 4) is 5.75 Å². The molecule has 0 aliphatic rings. The van der Waals surface area contributed by atoms with Crippen molar-refractivity contribution in [3.63, 3.8) is 0 Å². The molecule has 2 unspecified atom stereocenters. The highest BCUT2D eigenvalue weighted by Crippen LogP contribution is 2.49. The van der Waals surface area contributed by atoms with Crippen molar-refractivity contribution in [3.05, 3.63) is 29.8 Å². The summed E-state index contributed by atoms with van der Waals surface area (Å²) >= 11 is 5.92. The topological polar surface area (TPSA) is 90.9 Å². The Morgan fingerprint density at radius 3 is 2.48 bits per heavy atom. The second kappa shape index (κ2) is 10.4. The average molecular weight is 392 g/mol. The number of carbonyl (C=O) groups is 2. The number of ether oxygens (including phenoxy) is 2. The molecular weight excluding hydrogens is 369 g/mol. The zero-order valence-corrected chi connectivity index (χ0v) is 16.1. The molecule has 0 saturated carbocycles. The molecular formula is C16H23ClNO6P. The molecule has 9 heteroatoms. The molecule has 140 valence electrons. The highest BCUT2D eigenvalue weighted by Gasteiger charge is 2.28. The van der Waals surface area contributed by atoms with Gasteiger partial charge in [0.15, 0.2) is 0 Å². The molecule has 0 amide bonds. The van der Waals surface area contributed by atoms with E-state index in [0.717, 1.165) is 0 Å². The zero-order chi connectivity index (χ0) is 18.9. The quantitative estimate of drug-likeness (QED) is 0.482.